The minimum atomic E-state index is -0.642. The van der Waals surface area contributed by atoms with Gasteiger partial charge in [-0.3, -0.25) is 0 Å². The van der Waals surface area contributed by atoms with E-state index in [-0.39, 0.29) is 0 Å². The van der Waals surface area contributed by atoms with Crippen LogP contribution in [0.2, 0.25) is 0 Å². The van der Waals surface area contributed by atoms with Crippen molar-refractivity contribution in [3.63, 3.8) is 0 Å². The number of rotatable bonds is 5. The molecule has 0 aromatic rings. The molecule has 0 aliphatic rings. The van der Waals surface area contributed by atoms with Crippen LogP contribution in [-0.2, 0) is 9.47 Å². The summed E-state index contributed by atoms with van der Waals surface area (Å²) in [6.45, 7) is 1.83. The second-order valence-electron chi connectivity index (χ2n) is 2.37. The van der Waals surface area contributed by atoms with E-state index in [0.717, 1.165) is 0 Å². The SMILES string of the molecule is COC(C)(/C=C/C=C/CCl)OC. The molecule has 0 radical (unpaired) electrons. The minimum Gasteiger partial charge on any atom is -0.350 e. The van der Waals surface area contributed by atoms with Gasteiger partial charge in [-0.2, -0.15) is 0 Å². The van der Waals surface area contributed by atoms with Crippen LogP contribution in [0.15, 0.2) is 24.3 Å². The van der Waals surface area contributed by atoms with Crippen molar-refractivity contribution < 1.29 is 9.47 Å². The van der Waals surface area contributed by atoms with Gasteiger partial charge in [0.2, 0.25) is 0 Å². The third kappa shape index (κ3) is 4.54. The summed E-state index contributed by atoms with van der Waals surface area (Å²) in [5, 5.41) is 0. The van der Waals surface area contributed by atoms with E-state index in [0.29, 0.717) is 5.88 Å². The maximum Gasteiger partial charge on any atom is 0.184 e. The van der Waals surface area contributed by atoms with Gasteiger partial charge >= 0.3 is 0 Å². The molecule has 70 valence electrons. The summed E-state index contributed by atoms with van der Waals surface area (Å²) in [7, 11) is 3.19. The summed E-state index contributed by atoms with van der Waals surface area (Å²) in [5.74, 6) is -0.127. The van der Waals surface area contributed by atoms with E-state index in [1.54, 1.807) is 14.2 Å². The van der Waals surface area contributed by atoms with Crippen LogP contribution in [0.5, 0.6) is 0 Å². The van der Waals surface area contributed by atoms with Gasteiger partial charge in [0.05, 0.1) is 0 Å². The van der Waals surface area contributed by atoms with Crippen LogP contribution in [0, 0.1) is 0 Å². The first-order valence-corrected chi connectivity index (χ1v) is 4.22. The van der Waals surface area contributed by atoms with Crippen molar-refractivity contribution in [1.29, 1.82) is 0 Å². The topological polar surface area (TPSA) is 18.5 Å². The van der Waals surface area contributed by atoms with Crippen molar-refractivity contribution in [2.24, 2.45) is 0 Å². The number of hydrogen-bond acceptors (Lipinski definition) is 2. The zero-order valence-electron chi connectivity index (χ0n) is 7.71. The highest BCUT2D eigenvalue weighted by Crippen LogP contribution is 2.10. The van der Waals surface area contributed by atoms with Gasteiger partial charge in [0, 0.05) is 20.1 Å². The van der Waals surface area contributed by atoms with Crippen LogP contribution in [0.3, 0.4) is 0 Å². The first kappa shape index (κ1) is 11.7. The normalized spacial score (nSPS) is 13.3. The number of alkyl halides is 1. The summed E-state index contributed by atoms with van der Waals surface area (Å²) in [6.07, 6.45) is 7.35. The van der Waals surface area contributed by atoms with E-state index in [1.807, 2.05) is 31.2 Å². The second-order valence-corrected chi connectivity index (χ2v) is 2.67. The molecular weight excluding hydrogens is 176 g/mol. The molecule has 0 unspecified atom stereocenters. The minimum absolute atomic E-state index is 0.515. The van der Waals surface area contributed by atoms with Gasteiger partial charge in [-0.1, -0.05) is 18.2 Å². The van der Waals surface area contributed by atoms with Crippen LogP contribution < -0.4 is 0 Å². The van der Waals surface area contributed by atoms with Crippen molar-refractivity contribution in [2.75, 3.05) is 20.1 Å². The van der Waals surface area contributed by atoms with E-state index in [2.05, 4.69) is 0 Å². The number of methoxy groups -OCH3 is 2. The predicted octanol–water partition coefficient (Wildman–Crippen LogP) is 2.35. The van der Waals surface area contributed by atoms with Crippen molar-refractivity contribution >= 4 is 11.6 Å². The third-order valence-electron chi connectivity index (χ3n) is 1.55. The van der Waals surface area contributed by atoms with E-state index in [4.69, 9.17) is 21.1 Å². The van der Waals surface area contributed by atoms with Crippen LogP contribution in [0.25, 0.3) is 0 Å². The van der Waals surface area contributed by atoms with Gasteiger partial charge in [0.15, 0.2) is 5.79 Å². The van der Waals surface area contributed by atoms with Crippen LogP contribution in [-0.4, -0.2) is 25.9 Å². The number of ether oxygens (including phenoxy) is 2. The fourth-order valence-electron chi connectivity index (χ4n) is 0.580. The summed E-state index contributed by atoms with van der Waals surface area (Å²) in [4.78, 5) is 0. The Morgan fingerprint density at radius 3 is 2.25 bits per heavy atom. The van der Waals surface area contributed by atoms with Gasteiger partial charge in [0.25, 0.3) is 0 Å². The molecule has 0 bridgehead atoms. The van der Waals surface area contributed by atoms with Crippen LogP contribution in [0.1, 0.15) is 6.92 Å². The van der Waals surface area contributed by atoms with E-state index in [9.17, 15) is 0 Å². The molecule has 0 atom stereocenters. The lowest BCUT2D eigenvalue weighted by molar-refractivity contribution is -0.155. The monoisotopic (exact) mass is 190 g/mol. The molecule has 12 heavy (non-hydrogen) atoms. The van der Waals surface area contributed by atoms with Crippen LogP contribution >= 0.6 is 11.6 Å². The summed E-state index contributed by atoms with van der Waals surface area (Å²) >= 11 is 5.44. The maximum absolute atomic E-state index is 5.44. The van der Waals surface area contributed by atoms with E-state index >= 15 is 0 Å². The Bertz CT molecular complexity index is 160. The zero-order valence-corrected chi connectivity index (χ0v) is 8.47. The Morgan fingerprint density at radius 1 is 1.25 bits per heavy atom. The molecule has 0 saturated heterocycles. The van der Waals surface area contributed by atoms with E-state index in [1.165, 1.54) is 0 Å². The van der Waals surface area contributed by atoms with Gasteiger partial charge < -0.3 is 9.47 Å². The smallest absolute Gasteiger partial charge is 0.184 e. The first-order chi connectivity index (χ1) is 5.68. The molecule has 0 aliphatic carbocycles. The maximum atomic E-state index is 5.44. The zero-order chi connectivity index (χ0) is 9.45. The Kier molecular flexibility index (Phi) is 6.07. The Balaban J connectivity index is 4.01. The summed E-state index contributed by atoms with van der Waals surface area (Å²) in [6, 6.07) is 0. The standard InChI is InChI=1S/C9H15ClO2/c1-9(11-2,12-3)7-5-4-6-8-10/h4-7H,8H2,1-3H3/b6-4+,7-5+. The molecule has 0 aliphatic heterocycles. The Morgan fingerprint density at radius 2 is 1.83 bits per heavy atom. The highest BCUT2D eigenvalue weighted by Gasteiger charge is 2.16. The molecule has 0 aromatic heterocycles. The molecule has 0 fully saturated rings. The number of halogens is 1. The van der Waals surface area contributed by atoms with Crippen molar-refractivity contribution in [3.05, 3.63) is 24.3 Å². The largest absolute Gasteiger partial charge is 0.350 e. The van der Waals surface area contributed by atoms with Crippen molar-refractivity contribution in [2.45, 2.75) is 12.7 Å². The number of hydrogen-bond donors (Lipinski definition) is 0. The van der Waals surface area contributed by atoms with Crippen LogP contribution in [0.4, 0.5) is 0 Å². The highest BCUT2D eigenvalue weighted by atomic mass is 35.5. The van der Waals surface area contributed by atoms with Gasteiger partial charge in [-0.25, -0.2) is 0 Å². The molecule has 0 N–H and O–H groups in total. The summed E-state index contributed by atoms with van der Waals surface area (Å²) < 4.78 is 10.2. The second kappa shape index (κ2) is 6.23. The van der Waals surface area contributed by atoms with Gasteiger partial charge in [-0.15, -0.1) is 11.6 Å². The lowest BCUT2D eigenvalue weighted by Gasteiger charge is -2.21. The molecule has 2 nitrogen and oxygen atoms in total. The fraction of sp³-hybridized carbons (Fsp3) is 0.556. The predicted molar refractivity (Wildman–Crippen MR) is 51.4 cm³/mol. The average molecular weight is 191 g/mol. The Hall–Kier alpha value is -0.310. The first-order valence-electron chi connectivity index (χ1n) is 3.69. The molecule has 0 rings (SSSR count). The molecule has 0 aromatic carbocycles. The van der Waals surface area contributed by atoms with Crippen molar-refractivity contribution in [3.8, 4) is 0 Å². The molecule has 3 heteroatoms. The summed E-state index contributed by atoms with van der Waals surface area (Å²) in [5.41, 5.74) is 0. The average Bonchev–Trinajstić information content (AvgIpc) is 2.12. The fourth-order valence-corrected chi connectivity index (χ4v) is 0.683. The van der Waals surface area contributed by atoms with Gasteiger partial charge in [-0.05, 0) is 13.0 Å². The number of allylic oxidation sites excluding steroid dienone is 3. The molecule has 0 saturated carbocycles. The van der Waals surface area contributed by atoms with Crippen molar-refractivity contribution in [1.82, 2.24) is 0 Å². The molecule has 0 spiro atoms. The Labute approximate surface area is 78.8 Å². The molecule has 0 heterocycles. The third-order valence-corrected chi connectivity index (χ3v) is 1.72. The molecule has 0 amide bonds. The molecular formula is C9H15ClO2. The van der Waals surface area contributed by atoms with Gasteiger partial charge in [0.1, 0.15) is 0 Å². The lowest BCUT2D eigenvalue weighted by Crippen LogP contribution is -2.26. The quantitative estimate of drug-likeness (QED) is 0.377. The van der Waals surface area contributed by atoms with E-state index < -0.39 is 5.79 Å². The highest BCUT2D eigenvalue weighted by molar-refractivity contribution is 6.18. The lowest BCUT2D eigenvalue weighted by atomic mass is 10.3.